The number of benzene rings is 1. The number of ether oxygens (including phenoxy) is 1. The summed E-state index contributed by atoms with van der Waals surface area (Å²) in [5.74, 6) is 1.52. The lowest BCUT2D eigenvalue weighted by molar-refractivity contribution is -0.130. The SMILES string of the molecule is Cc1cc(OCc2nc(S[C@H](C)C(=O)N3CCCCCC3)n[nH]2)ccc1Cl. The zero-order valence-electron chi connectivity index (χ0n) is 15.7. The summed E-state index contributed by atoms with van der Waals surface area (Å²) in [6, 6.07) is 5.52. The first-order valence-electron chi connectivity index (χ1n) is 9.28. The molecule has 0 saturated carbocycles. The van der Waals surface area contributed by atoms with Gasteiger partial charge in [0.15, 0.2) is 5.82 Å². The first kappa shape index (κ1) is 20.0. The highest BCUT2D eigenvalue weighted by Crippen LogP contribution is 2.24. The van der Waals surface area contributed by atoms with Crippen molar-refractivity contribution in [3.63, 3.8) is 0 Å². The fourth-order valence-electron chi connectivity index (χ4n) is 3.01. The van der Waals surface area contributed by atoms with Crippen LogP contribution < -0.4 is 4.74 Å². The fourth-order valence-corrected chi connectivity index (χ4v) is 3.96. The van der Waals surface area contributed by atoms with Gasteiger partial charge in [-0.1, -0.05) is 36.2 Å². The van der Waals surface area contributed by atoms with Crippen LogP contribution in [0.1, 0.15) is 44.0 Å². The molecule has 0 spiro atoms. The molecule has 27 heavy (non-hydrogen) atoms. The lowest BCUT2D eigenvalue weighted by Gasteiger charge is -2.23. The normalized spacial score (nSPS) is 16.0. The number of carbonyl (C=O) groups excluding carboxylic acids is 1. The summed E-state index contributed by atoms with van der Waals surface area (Å²) >= 11 is 7.40. The van der Waals surface area contributed by atoms with E-state index in [0.717, 1.165) is 37.2 Å². The first-order chi connectivity index (χ1) is 13.0. The summed E-state index contributed by atoms with van der Waals surface area (Å²) < 4.78 is 5.73. The van der Waals surface area contributed by atoms with Gasteiger partial charge >= 0.3 is 0 Å². The number of aryl methyl sites for hydroxylation is 1. The Morgan fingerprint density at radius 3 is 2.78 bits per heavy atom. The molecule has 1 saturated heterocycles. The second-order valence-electron chi connectivity index (χ2n) is 6.76. The summed E-state index contributed by atoms with van der Waals surface area (Å²) in [5.41, 5.74) is 0.962. The number of H-pyrrole nitrogens is 1. The quantitative estimate of drug-likeness (QED) is 0.724. The smallest absolute Gasteiger partial charge is 0.235 e. The number of nitrogens with zero attached hydrogens (tertiary/aromatic N) is 3. The maximum absolute atomic E-state index is 12.6. The standard InChI is InChI=1S/C19H25ClN4O2S/c1-13-11-15(7-8-16(13)20)26-12-17-21-19(23-22-17)27-14(2)18(25)24-9-5-3-4-6-10-24/h7-8,11,14H,3-6,9-10,12H2,1-2H3,(H,21,22,23)/t14-/m1/s1. The molecule has 1 amide bonds. The number of aromatic amines is 1. The minimum absolute atomic E-state index is 0.168. The predicted molar refractivity (Wildman–Crippen MR) is 107 cm³/mol. The monoisotopic (exact) mass is 408 g/mol. The predicted octanol–water partition coefficient (Wildman–Crippen LogP) is 4.23. The average Bonchev–Trinajstić information content (AvgIpc) is 2.92. The van der Waals surface area contributed by atoms with Crippen molar-refractivity contribution >= 4 is 29.3 Å². The number of hydrogen-bond donors (Lipinski definition) is 1. The number of halogens is 1. The van der Waals surface area contributed by atoms with Crippen molar-refractivity contribution in [2.45, 2.75) is 56.5 Å². The van der Waals surface area contributed by atoms with E-state index in [1.807, 2.05) is 36.9 Å². The highest BCUT2D eigenvalue weighted by molar-refractivity contribution is 8.00. The van der Waals surface area contributed by atoms with E-state index in [4.69, 9.17) is 16.3 Å². The molecule has 0 radical (unpaired) electrons. The van der Waals surface area contributed by atoms with Crippen LogP contribution in [0.3, 0.4) is 0 Å². The van der Waals surface area contributed by atoms with Crippen molar-refractivity contribution in [1.82, 2.24) is 20.1 Å². The Morgan fingerprint density at radius 2 is 2.07 bits per heavy atom. The molecule has 1 N–H and O–H groups in total. The van der Waals surface area contributed by atoms with Gasteiger partial charge in [0, 0.05) is 18.1 Å². The fraction of sp³-hybridized carbons (Fsp3) is 0.526. The van der Waals surface area contributed by atoms with Crippen molar-refractivity contribution in [3.8, 4) is 5.75 Å². The van der Waals surface area contributed by atoms with E-state index in [2.05, 4.69) is 15.2 Å². The maximum Gasteiger partial charge on any atom is 0.235 e. The van der Waals surface area contributed by atoms with Crippen molar-refractivity contribution in [2.24, 2.45) is 0 Å². The minimum atomic E-state index is -0.202. The molecular weight excluding hydrogens is 384 g/mol. The Labute approximate surface area is 169 Å². The molecule has 2 aromatic rings. The zero-order chi connectivity index (χ0) is 19.2. The average molecular weight is 409 g/mol. The van der Waals surface area contributed by atoms with E-state index >= 15 is 0 Å². The molecule has 8 heteroatoms. The summed E-state index contributed by atoms with van der Waals surface area (Å²) in [6.07, 6.45) is 4.61. The molecule has 1 aliphatic rings. The van der Waals surface area contributed by atoms with Crippen molar-refractivity contribution in [3.05, 3.63) is 34.6 Å². The van der Waals surface area contributed by atoms with E-state index in [1.54, 1.807) is 0 Å². The molecule has 0 unspecified atom stereocenters. The third-order valence-electron chi connectivity index (χ3n) is 4.56. The second kappa shape index (κ2) is 9.46. The summed E-state index contributed by atoms with van der Waals surface area (Å²) in [6.45, 7) is 5.85. The van der Waals surface area contributed by atoms with Crippen LogP contribution in [-0.2, 0) is 11.4 Å². The molecule has 1 fully saturated rings. The van der Waals surface area contributed by atoms with Crippen molar-refractivity contribution in [2.75, 3.05) is 13.1 Å². The van der Waals surface area contributed by atoms with Gasteiger partial charge in [-0.05, 0) is 50.5 Å². The molecule has 3 rings (SSSR count). The minimum Gasteiger partial charge on any atom is -0.486 e. The summed E-state index contributed by atoms with van der Waals surface area (Å²) in [7, 11) is 0. The Bertz CT molecular complexity index is 775. The highest BCUT2D eigenvalue weighted by Gasteiger charge is 2.23. The van der Waals surface area contributed by atoms with Gasteiger partial charge in [0.25, 0.3) is 0 Å². The Kier molecular flexibility index (Phi) is 7.01. The molecule has 0 bridgehead atoms. The van der Waals surface area contributed by atoms with Crippen LogP contribution in [-0.4, -0.2) is 44.3 Å². The summed E-state index contributed by atoms with van der Waals surface area (Å²) in [4.78, 5) is 19.0. The molecular formula is C19H25ClN4O2S. The third-order valence-corrected chi connectivity index (χ3v) is 5.94. The van der Waals surface area contributed by atoms with Crippen LogP contribution in [0.4, 0.5) is 0 Å². The van der Waals surface area contributed by atoms with Crippen LogP contribution in [0.25, 0.3) is 0 Å². The van der Waals surface area contributed by atoms with Crippen molar-refractivity contribution in [1.29, 1.82) is 0 Å². The van der Waals surface area contributed by atoms with Gasteiger partial charge < -0.3 is 9.64 Å². The summed E-state index contributed by atoms with van der Waals surface area (Å²) in [5, 5.41) is 8.15. The van der Waals surface area contributed by atoms with Crippen LogP contribution in [0.5, 0.6) is 5.75 Å². The zero-order valence-corrected chi connectivity index (χ0v) is 17.3. The van der Waals surface area contributed by atoms with Gasteiger partial charge in [-0.2, -0.15) is 0 Å². The molecule has 2 heterocycles. The molecule has 1 aromatic heterocycles. The maximum atomic E-state index is 12.6. The molecule has 1 atom stereocenters. The Hall–Kier alpha value is -1.73. The van der Waals surface area contributed by atoms with E-state index < -0.39 is 0 Å². The van der Waals surface area contributed by atoms with Gasteiger partial charge in [-0.15, -0.1) is 5.10 Å². The Balaban J connectivity index is 1.52. The lowest BCUT2D eigenvalue weighted by Crippen LogP contribution is -2.37. The topological polar surface area (TPSA) is 71.1 Å². The van der Waals surface area contributed by atoms with Gasteiger partial charge in [0.2, 0.25) is 11.1 Å². The van der Waals surface area contributed by atoms with Crippen LogP contribution >= 0.6 is 23.4 Å². The van der Waals surface area contributed by atoms with Crippen LogP contribution in [0.2, 0.25) is 5.02 Å². The Morgan fingerprint density at radius 1 is 1.33 bits per heavy atom. The number of rotatable bonds is 6. The largest absolute Gasteiger partial charge is 0.486 e. The van der Waals surface area contributed by atoms with Crippen LogP contribution in [0.15, 0.2) is 23.4 Å². The van der Waals surface area contributed by atoms with Gasteiger partial charge in [0.1, 0.15) is 12.4 Å². The van der Waals surface area contributed by atoms with Gasteiger partial charge in [-0.3, -0.25) is 9.89 Å². The molecule has 1 aromatic carbocycles. The number of thioether (sulfide) groups is 1. The number of nitrogens with one attached hydrogen (secondary N) is 1. The molecule has 0 aliphatic carbocycles. The number of likely N-dealkylation sites (tertiary alicyclic amines) is 1. The molecule has 1 aliphatic heterocycles. The first-order valence-corrected chi connectivity index (χ1v) is 10.5. The molecule has 146 valence electrons. The molecule has 6 nitrogen and oxygen atoms in total. The highest BCUT2D eigenvalue weighted by atomic mass is 35.5. The van der Waals surface area contributed by atoms with E-state index in [-0.39, 0.29) is 17.8 Å². The van der Waals surface area contributed by atoms with E-state index in [1.165, 1.54) is 24.6 Å². The number of carbonyl (C=O) groups is 1. The third kappa shape index (κ3) is 5.62. The van der Waals surface area contributed by atoms with E-state index in [0.29, 0.717) is 16.0 Å². The number of hydrogen-bond acceptors (Lipinski definition) is 5. The van der Waals surface area contributed by atoms with Crippen LogP contribution in [0, 0.1) is 6.92 Å². The lowest BCUT2D eigenvalue weighted by atomic mass is 10.2. The number of aromatic nitrogens is 3. The second-order valence-corrected chi connectivity index (χ2v) is 8.48. The van der Waals surface area contributed by atoms with Crippen molar-refractivity contribution < 1.29 is 9.53 Å². The van der Waals surface area contributed by atoms with E-state index in [9.17, 15) is 4.79 Å². The van der Waals surface area contributed by atoms with Gasteiger partial charge in [0.05, 0.1) is 5.25 Å². The van der Waals surface area contributed by atoms with Gasteiger partial charge in [-0.25, -0.2) is 4.98 Å². The number of amides is 1.